The third-order valence-electron chi connectivity index (χ3n) is 6.55. The molecule has 5 rings (SSSR count). The first-order valence-electron chi connectivity index (χ1n) is 11.9. The summed E-state index contributed by atoms with van der Waals surface area (Å²) in [4.78, 5) is 44.9. The first kappa shape index (κ1) is 25.9. The highest BCUT2D eigenvalue weighted by atomic mass is 32.1. The lowest BCUT2D eigenvalue weighted by Crippen LogP contribution is -2.29. The van der Waals surface area contributed by atoms with E-state index in [1.165, 1.54) is 23.3 Å². The lowest BCUT2D eigenvalue weighted by atomic mass is 9.94. The van der Waals surface area contributed by atoms with Crippen molar-refractivity contribution in [2.45, 2.75) is 13.0 Å². The minimum absolute atomic E-state index is 0.0905. The van der Waals surface area contributed by atoms with Crippen LogP contribution in [0.15, 0.2) is 66.2 Å². The lowest BCUT2D eigenvalue weighted by Gasteiger charge is -2.23. The molecule has 1 amide bonds. The number of ether oxygens (including phenoxy) is 3. The second-order valence-electron chi connectivity index (χ2n) is 8.80. The molecule has 1 aromatic heterocycles. The number of thiazole rings is 1. The molecule has 10 heteroatoms. The molecule has 1 aliphatic rings. The minimum atomic E-state index is -0.999. The molecule has 0 aliphatic carbocycles. The Morgan fingerprint density at radius 2 is 1.67 bits per heavy atom. The largest absolute Gasteiger partial charge is 0.507 e. The first-order valence-corrected chi connectivity index (χ1v) is 12.7. The van der Waals surface area contributed by atoms with Crippen LogP contribution < -0.4 is 14.4 Å². The zero-order chi connectivity index (χ0) is 27.8. The van der Waals surface area contributed by atoms with E-state index in [9.17, 15) is 19.5 Å². The van der Waals surface area contributed by atoms with Gasteiger partial charge >= 0.3 is 11.9 Å². The zero-order valence-corrected chi connectivity index (χ0v) is 22.4. The van der Waals surface area contributed by atoms with E-state index in [-0.39, 0.29) is 16.5 Å². The number of methoxy groups -OCH3 is 3. The van der Waals surface area contributed by atoms with Crippen molar-refractivity contribution < 1.29 is 33.7 Å². The van der Waals surface area contributed by atoms with Crippen LogP contribution in [0.1, 0.15) is 33.1 Å². The number of rotatable bonds is 6. The Bertz CT molecular complexity index is 1660. The van der Waals surface area contributed by atoms with Gasteiger partial charge in [-0.15, -0.1) is 0 Å². The van der Waals surface area contributed by atoms with E-state index in [0.29, 0.717) is 33.7 Å². The molecule has 1 saturated heterocycles. The van der Waals surface area contributed by atoms with Gasteiger partial charge in [-0.3, -0.25) is 14.5 Å². The smallest absolute Gasteiger partial charge is 0.337 e. The highest BCUT2D eigenvalue weighted by Crippen LogP contribution is 2.45. The van der Waals surface area contributed by atoms with Crippen LogP contribution in [-0.2, 0) is 14.3 Å². The number of Topliss-reactive ketones (excluding diaryl/α,β-unsaturated/α-hetero) is 1. The Kier molecular flexibility index (Phi) is 6.80. The van der Waals surface area contributed by atoms with E-state index < -0.39 is 23.7 Å². The minimum Gasteiger partial charge on any atom is -0.507 e. The van der Waals surface area contributed by atoms with Crippen LogP contribution in [0.5, 0.6) is 11.5 Å². The Morgan fingerprint density at radius 1 is 0.949 bits per heavy atom. The summed E-state index contributed by atoms with van der Waals surface area (Å²) in [5.41, 5.74) is 2.45. The van der Waals surface area contributed by atoms with E-state index >= 15 is 0 Å². The van der Waals surface area contributed by atoms with Crippen molar-refractivity contribution >= 4 is 50.1 Å². The molecule has 0 radical (unpaired) electrons. The Hall–Kier alpha value is -4.70. The number of aromatic nitrogens is 1. The molecule has 0 spiro atoms. The molecule has 3 aromatic carbocycles. The summed E-state index contributed by atoms with van der Waals surface area (Å²) >= 11 is 1.22. The monoisotopic (exact) mass is 544 g/mol. The fourth-order valence-corrected chi connectivity index (χ4v) is 5.59. The number of benzene rings is 3. The van der Waals surface area contributed by atoms with Gasteiger partial charge < -0.3 is 19.3 Å². The Morgan fingerprint density at radius 3 is 2.31 bits per heavy atom. The number of anilines is 1. The van der Waals surface area contributed by atoms with Gasteiger partial charge in [-0.1, -0.05) is 23.5 Å². The van der Waals surface area contributed by atoms with Gasteiger partial charge in [0.15, 0.2) is 5.13 Å². The maximum atomic E-state index is 13.5. The predicted molar refractivity (Wildman–Crippen MR) is 146 cm³/mol. The number of carbonyl (C=O) groups is 3. The standard InChI is InChI=1S/C29H24N2O7S/c1-15-13-18(9-12-21(15)37-3)25(32)23-24(16-5-7-17(8-6-16)28(35)38-4)31(27(34)26(23)33)29-30-20-11-10-19(36-2)14-22(20)39-29/h5-14,24,32H,1-4H3/b25-23+/t24-/m1/s1. The fraction of sp³-hybridized carbons (Fsp3) is 0.172. The van der Waals surface area contributed by atoms with E-state index in [1.54, 1.807) is 74.9 Å². The summed E-state index contributed by atoms with van der Waals surface area (Å²) in [6.07, 6.45) is 0. The van der Waals surface area contributed by atoms with Gasteiger partial charge in [-0.2, -0.15) is 0 Å². The van der Waals surface area contributed by atoms with Crippen molar-refractivity contribution in [2.75, 3.05) is 26.2 Å². The van der Waals surface area contributed by atoms with Gasteiger partial charge in [0.2, 0.25) is 0 Å². The SMILES string of the molecule is COC(=O)c1ccc([C@@H]2/C(=C(\O)c3ccc(OC)c(C)c3)C(=O)C(=O)N2c2nc3ccc(OC)cc3s2)cc1. The summed E-state index contributed by atoms with van der Waals surface area (Å²) in [5, 5.41) is 11.7. The summed E-state index contributed by atoms with van der Waals surface area (Å²) in [6.45, 7) is 1.81. The summed E-state index contributed by atoms with van der Waals surface area (Å²) in [5.74, 6) is -1.28. The average molecular weight is 545 g/mol. The number of aliphatic hydroxyl groups excluding tert-OH is 1. The van der Waals surface area contributed by atoms with Crippen LogP contribution in [0, 0.1) is 6.92 Å². The molecule has 39 heavy (non-hydrogen) atoms. The quantitative estimate of drug-likeness (QED) is 0.155. The van der Waals surface area contributed by atoms with Crippen molar-refractivity contribution in [2.24, 2.45) is 0 Å². The highest BCUT2D eigenvalue weighted by Gasteiger charge is 2.48. The molecule has 0 unspecified atom stereocenters. The molecule has 1 N–H and O–H groups in total. The summed E-state index contributed by atoms with van der Waals surface area (Å²) in [6, 6.07) is 15.6. The zero-order valence-electron chi connectivity index (χ0n) is 21.6. The Labute approximate surface area is 227 Å². The van der Waals surface area contributed by atoms with Crippen LogP contribution in [-0.4, -0.2) is 49.1 Å². The number of ketones is 1. The fourth-order valence-electron chi connectivity index (χ4n) is 4.57. The van der Waals surface area contributed by atoms with Crippen LogP contribution in [0.2, 0.25) is 0 Å². The third kappa shape index (κ3) is 4.48. The van der Waals surface area contributed by atoms with Crippen LogP contribution in [0.25, 0.3) is 16.0 Å². The topological polar surface area (TPSA) is 115 Å². The van der Waals surface area contributed by atoms with Gasteiger partial charge in [-0.05, 0) is 66.6 Å². The van der Waals surface area contributed by atoms with Crippen LogP contribution >= 0.6 is 11.3 Å². The molecule has 2 heterocycles. The highest BCUT2D eigenvalue weighted by molar-refractivity contribution is 7.22. The molecule has 1 aliphatic heterocycles. The van der Waals surface area contributed by atoms with Crippen molar-refractivity contribution in [3.8, 4) is 11.5 Å². The number of fused-ring (bicyclic) bond motifs is 1. The number of carbonyl (C=O) groups excluding carboxylic acids is 3. The molecule has 198 valence electrons. The lowest BCUT2D eigenvalue weighted by molar-refractivity contribution is -0.132. The molecule has 4 aromatic rings. The van der Waals surface area contributed by atoms with Crippen LogP contribution in [0.3, 0.4) is 0 Å². The second-order valence-corrected chi connectivity index (χ2v) is 9.81. The maximum Gasteiger partial charge on any atom is 0.337 e. The van der Waals surface area contributed by atoms with E-state index in [1.807, 2.05) is 6.92 Å². The van der Waals surface area contributed by atoms with Crippen molar-refractivity contribution in [3.05, 3.63) is 88.5 Å². The van der Waals surface area contributed by atoms with Crippen molar-refractivity contribution in [1.82, 2.24) is 4.98 Å². The molecule has 0 bridgehead atoms. The van der Waals surface area contributed by atoms with E-state index in [2.05, 4.69) is 4.98 Å². The number of amides is 1. The molecule has 9 nitrogen and oxygen atoms in total. The molecular weight excluding hydrogens is 520 g/mol. The van der Waals surface area contributed by atoms with E-state index in [0.717, 1.165) is 10.3 Å². The number of esters is 1. The summed E-state index contributed by atoms with van der Waals surface area (Å²) < 4.78 is 16.2. The molecule has 1 atom stereocenters. The van der Waals surface area contributed by atoms with Gasteiger partial charge in [-0.25, -0.2) is 9.78 Å². The first-order chi connectivity index (χ1) is 18.8. The number of nitrogens with zero attached hydrogens (tertiary/aromatic N) is 2. The summed E-state index contributed by atoms with van der Waals surface area (Å²) in [7, 11) is 4.38. The average Bonchev–Trinajstić information content (AvgIpc) is 3.49. The molecule has 0 saturated carbocycles. The predicted octanol–water partition coefficient (Wildman–Crippen LogP) is 5.03. The van der Waals surface area contributed by atoms with Gasteiger partial charge in [0.25, 0.3) is 5.78 Å². The van der Waals surface area contributed by atoms with Crippen molar-refractivity contribution in [3.63, 3.8) is 0 Å². The maximum absolute atomic E-state index is 13.5. The number of aliphatic hydroxyl groups is 1. The van der Waals surface area contributed by atoms with Crippen LogP contribution in [0.4, 0.5) is 5.13 Å². The number of hydrogen-bond donors (Lipinski definition) is 1. The second kappa shape index (κ2) is 10.2. The van der Waals surface area contributed by atoms with Gasteiger partial charge in [0.05, 0.1) is 48.7 Å². The number of aryl methyl sites for hydroxylation is 1. The van der Waals surface area contributed by atoms with E-state index in [4.69, 9.17) is 14.2 Å². The van der Waals surface area contributed by atoms with Crippen molar-refractivity contribution in [1.29, 1.82) is 0 Å². The van der Waals surface area contributed by atoms with Gasteiger partial charge in [0.1, 0.15) is 17.3 Å². The van der Waals surface area contributed by atoms with Gasteiger partial charge in [0, 0.05) is 5.56 Å². The number of hydrogen-bond acceptors (Lipinski definition) is 9. The molecular formula is C29H24N2O7S. The Balaban J connectivity index is 1.70. The third-order valence-corrected chi connectivity index (χ3v) is 7.57. The molecule has 1 fully saturated rings. The normalized spacial score (nSPS) is 16.5.